The Kier molecular flexibility index (Phi) is 4.03. The van der Waals surface area contributed by atoms with Gasteiger partial charge in [0.05, 0.1) is 5.54 Å². The number of fused-ring (bicyclic) bond motifs is 1. The van der Waals surface area contributed by atoms with Crippen LogP contribution in [0.1, 0.15) is 20.8 Å². The third-order valence-corrected chi connectivity index (χ3v) is 4.25. The standard InChI is InChI=1S/C21H21N5O/c1-21(2,3)26-19-17(18(22)23-13-24-19)20(25-26)27-16-11-7-10-15(12-16)14-8-5-4-6-9-14/h4-13H,1-3H3,(H2,22,23,24). The summed E-state index contributed by atoms with van der Waals surface area (Å²) in [7, 11) is 0. The third-order valence-electron chi connectivity index (χ3n) is 4.25. The lowest BCUT2D eigenvalue weighted by atomic mass is 10.1. The SMILES string of the molecule is CC(C)(C)n1nc(Oc2cccc(-c3ccccc3)c2)c2c(N)ncnc21. The first-order chi connectivity index (χ1) is 12.9. The lowest BCUT2D eigenvalue weighted by Gasteiger charge is -2.19. The Bertz CT molecular complexity index is 1100. The summed E-state index contributed by atoms with van der Waals surface area (Å²) in [6.45, 7) is 6.16. The van der Waals surface area contributed by atoms with Gasteiger partial charge in [-0.25, -0.2) is 14.6 Å². The van der Waals surface area contributed by atoms with E-state index in [9.17, 15) is 0 Å². The quantitative estimate of drug-likeness (QED) is 0.577. The summed E-state index contributed by atoms with van der Waals surface area (Å²) < 4.78 is 7.93. The number of anilines is 1. The minimum Gasteiger partial charge on any atom is -0.437 e. The zero-order valence-corrected chi connectivity index (χ0v) is 15.5. The Labute approximate surface area is 157 Å². The lowest BCUT2D eigenvalue weighted by molar-refractivity contribution is 0.349. The van der Waals surface area contributed by atoms with Crippen LogP contribution in [0.25, 0.3) is 22.2 Å². The van der Waals surface area contributed by atoms with Crippen molar-refractivity contribution in [2.24, 2.45) is 0 Å². The first-order valence-corrected chi connectivity index (χ1v) is 8.76. The minimum absolute atomic E-state index is 0.271. The fourth-order valence-electron chi connectivity index (χ4n) is 2.96. The predicted molar refractivity (Wildman–Crippen MR) is 107 cm³/mol. The van der Waals surface area contributed by atoms with Crippen LogP contribution in [0, 0.1) is 0 Å². The van der Waals surface area contributed by atoms with Gasteiger partial charge in [-0.2, -0.15) is 0 Å². The van der Waals surface area contributed by atoms with Crippen molar-refractivity contribution in [2.45, 2.75) is 26.3 Å². The van der Waals surface area contributed by atoms with Crippen molar-refractivity contribution in [3.63, 3.8) is 0 Å². The Morgan fingerprint density at radius 1 is 0.926 bits per heavy atom. The second-order valence-corrected chi connectivity index (χ2v) is 7.34. The van der Waals surface area contributed by atoms with Crippen LogP contribution in [0.4, 0.5) is 5.82 Å². The molecule has 0 saturated heterocycles. The molecule has 0 aliphatic carbocycles. The van der Waals surface area contributed by atoms with E-state index in [1.165, 1.54) is 6.33 Å². The van der Waals surface area contributed by atoms with Gasteiger partial charge in [-0.05, 0) is 44.0 Å². The van der Waals surface area contributed by atoms with Crippen molar-refractivity contribution in [1.29, 1.82) is 0 Å². The highest BCUT2D eigenvalue weighted by atomic mass is 16.5. The Morgan fingerprint density at radius 2 is 1.67 bits per heavy atom. The molecule has 6 nitrogen and oxygen atoms in total. The highest BCUT2D eigenvalue weighted by molar-refractivity contribution is 5.91. The maximum absolute atomic E-state index is 6.12. The molecule has 2 heterocycles. The summed E-state index contributed by atoms with van der Waals surface area (Å²) in [5, 5.41) is 5.25. The van der Waals surface area contributed by atoms with Crippen LogP contribution in [0.3, 0.4) is 0 Å². The van der Waals surface area contributed by atoms with Crippen molar-refractivity contribution in [3.8, 4) is 22.8 Å². The molecule has 27 heavy (non-hydrogen) atoms. The summed E-state index contributed by atoms with van der Waals surface area (Å²) in [6.07, 6.45) is 1.45. The van der Waals surface area contributed by atoms with Crippen molar-refractivity contribution < 1.29 is 4.74 Å². The van der Waals surface area contributed by atoms with E-state index in [1.807, 2.05) is 47.1 Å². The first kappa shape index (κ1) is 17.0. The van der Waals surface area contributed by atoms with Gasteiger partial charge in [0.1, 0.15) is 23.3 Å². The van der Waals surface area contributed by atoms with Crippen LogP contribution < -0.4 is 10.5 Å². The molecule has 0 radical (unpaired) electrons. The molecule has 0 aliphatic heterocycles. The summed E-state index contributed by atoms with van der Waals surface area (Å²) in [4.78, 5) is 8.47. The number of hydrogen-bond donors (Lipinski definition) is 1. The monoisotopic (exact) mass is 359 g/mol. The smallest absolute Gasteiger partial charge is 0.251 e. The third kappa shape index (κ3) is 3.21. The average Bonchev–Trinajstić information content (AvgIpc) is 3.03. The maximum Gasteiger partial charge on any atom is 0.251 e. The molecule has 0 amide bonds. The van der Waals surface area contributed by atoms with Crippen LogP contribution in [0.15, 0.2) is 60.9 Å². The molecule has 0 unspecified atom stereocenters. The second-order valence-electron chi connectivity index (χ2n) is 7.34. The summed E-state index contributed by atoms with van der Waals surface area (Å²) in [5.41, 5.74) is 8.68. The summed E-state index contributed by atoms with van der Waals surface area (Å²) in [5.74, 6) is 1.44. The number of benzene rings is 2. The molecule has 0 fully saturated rings. The molecule has 0 spiro atoms. The van der Waals surface area contributed by atoms with Crippen molar-refractivity contribution in [2.75, 3.05) is 5.73 Å². The highest BCUT2D eigenvalue weighted by Gasteiger charge is 2.24. The van der Waals surface area contributed by atoms with Gasteiger partial charge in [-0.1, -0.05) is 42.5 Å². The second kappa shape index (κ2) is 6.39. The fraction of sp³-hybridized carbons (Fsp3) is 0.190. The van der Waals surface area contributed by atoms with E-state index in [4.69, 9.17) is 10.5 Å². The molecular formula is C21H21N5O. The van der Waals surface area contributed by atoms with E-state index in [2.05, 4.69) is 48.0 Å². The van der Waals surface area contributed by atoms with Gasteiger partial charge < -0.3 is 10.5 Å². The molecule has 2 aromatic heterocycles. The average molecular weight is 359 g/mol. The van der Waals surface area contributed by atoms with E-state index in [0.29, 0.717) is 28.5 Å². The van der Waals surface area contributed by atoms with Gasteiger partial charge >= 0.3 is 0 Å². The first-order valence-electron chi connectivity index (χ1n) is 8.76. The van der Waals surface area contributed by atoms with Crippen LogP contribution in [-0.2, 0) is 5.54 Å². The van der Waals surface area contributed by atoms with Crippen LogP contribution >= 0.6 is 0 Å². The molecule has 6 heteroatoms. The number of hydrogen-bond acceptors (Lipinski definition) is 5. The topological polar surface area (TPSA) is 78.9 Å². The van der Waals surface area contributed by atoms with E-state index in [0.717, 1.165) is 11.1 Å². The van der Waals surface area contributed by atoms with Gasteiger partial charge in [-0.15, -0.1) is 5.10 Å². The molecule has 4 rings (SSSR count). The van der Waals surface area contributed by atoms with Crippen LogP contribution in [0.5, 0.6) is 11.6 Å². The minimum atomic E-state index is -0.271. The molecule has 0 saturated carbocycles. The summed E-state index contributed by atoms with van der Waals surface area (Å²) in [6, 6.07) is 18.0. The predicted octanol–water partition coefficient (Wildman–Crippen LogP) is 4.62. The van der Waals surface area contributed by atoms with E-state index in [1.54, 1.807) is 0 Å². The number of nitrogens with zero attached hydrogens (tertiary/aromatic N) is 4. The van der Waals surface area contributed by atoms with Crippen LogP contribution in [-0.4, -0.2) is 19.7 Å². The molecular weight excluding hydrogens is 338 g/mol. The van der Waals surface area contributed by atoms with Crippen molar-refractivity contribution >= 4 is 16.9 Å². The van der Waals surface area contributed by atoms with Crippen molar-refractivity contribution in [3.05, 3.63) is 60.9 Å². The van der Waals surface area contributed by atoms with Gasteiger partial charge in [-0.3, -0.25) is 0 Å². The molecule has 0 atom stereocenters. The van der Waals surface area contributed by atoms with E-state index >= 15 is 0 Å². The van der Waals surface area contributed by atoms with Crippen LogP contribution in [0.2, 0.25) is 0 Å². The number of aromatic nitrogens is 4. The normalized spacial score (nSPS) is 11.7. The largest absolute Gasteiger partial charge is 0.437 e. The fourth-order valence-corrected chi connectivity index (χ4v) is 2.96. The molecule has 136 valence electrons. The van der Waals surface area contributed by atoms with Gasteiger partial charge in [0.25, 0.3) is 5.88 Å². The highest BCUT2D eigenvalue weighted by Crippen LogP contribution is 2.34. The number of ether oxygens (including phenoxy) is 1. The van der Waals surface area contributed by atoms with E-state index in [-0.39, 0.29) is 5.54 Å². The van der Waals surface area contributed by atoms with Gasteiger partial charge in [0.2, 0.25) is 0 Å². The van der Waals surface area contributed by atoms with Crippen molar-refractivity contribution in [1.82, 2.24) is 19.7 Å². The summed E-state index contributed by atoms with van der Waals surface area (Å²) >= 11 is 0. The Hall–Kier alpha value is -3.41. The van der Waals surface area contributed by atoms with Gasteiger partial charge in [0.15, 0.2) is 5.65 Å². The lowest BCUT2D eigenvalue weighted by Crippen LogP contribution is -2.23. The Balaban J connectivity index is 1.79. The maximum atomic E-state index is 6.12. The van der Waals surface area contributed by atoms with Gasteiger partial charge in [0, 0.05) is 0 Å². The zero-order chi connectivity index (χ0) is 19.0. The molecule has 2 N–H and O–H groups in total. The number of nitrogens with two attached hydrogens (primary N) is 1. The van der Waals surface area contributed by atoms with E-state index < -0.39 is 0 Å². The number of rotatable bonds is 3. The molecule has 2 aromatic carbocycles. The molecule has 4 aromatic rings. The Morgan fingerprint density at radius 3 is 2.41 bits per heavy atom. The number of nitrogen functional groups attached to an aromatic ring is 1. The zero-order valence-electron chi connectivity index (χ0n) is 15.5. The molecule has 0 aliphatic rings. The molecule has 0 bridgehead atoms.